The first-order chi connectivity index (χ1) is 10.6. The number of amides is 1. The fourth-order valence-electron chi connectivity index (χ4n) is 2.19. The quantitative estimate of drug-likeness (QED) is 0.887. The number of ether oxygens (including phenoxy) is 1. The number of carbonyl (C=O) groups excluding carboxylic acids is 1. The molecule has 2 aromatic rings. The highest BCUT2D eigenvalue weighted by Crippen LogP contribution is 2.28. The molecule has 0 unspecified atom stereocenters. The first-order valence-corrected chi connectivity index (χ1v) is 7.47. The molecule has 1 heterocycles. The lowest BCUT2D eigenvalue weighted by Gasteiger charge is -2.08. The van der Waals surface area contributed by atoms with Gasteiger partial charge >= 0.3 is 0 Å². The number of anilines is 1. The molecule has 22 heavy (non-hydrogen) atoms. The molecule has 0 saturated heterocycles. The summed E-state index contributed by atoms with van der Waals surface area (Å²) in [6.45, 7) is 2.69. The highest BCUT2D eigenvalue weighted by atomic mass is 16.5. The lowest BCUT2D eigenvalue weighted by Crippen LogP contribution is -2.19. The Morgan fingerprint density at radius 3 is 2.91 bits per heavy atom. The standard InChI is InChI=1S/C16H20N4O2/c1-11-18-19-16(20(11)2)13-4-3-5-14(8-13)17-15(21)10-22-9-12-6-7-12/h3-5,8,12H,6-7,9-10H2,1-2H3,(H,17,21). The first-order valence-electron chi connectivity index (χ1n) is 7.47. The molecule has 1 N–H and O–H groups in total. The average Bonchev–Trinajstić information content (AvgIpc) is 3.26. The van der Waals surface area contributed by atoms with Gasteiger partial charge in [0.05, 0.1) is 6.61 Å². The molecular formula is C16H20N4O2. The molecule has 1 aromatic heterocycles. The molecule has 0 radical (unpaired) electrons. The molecule has 6 nitrogen and oxygen atoms in total. The van der Waals surface area contributed by atoms with Crippen molar-refractivity contribution in [2.75, 3.05) is 18.5 Å². The van der Waals surface area contributed by atoms with Crippen LogP contribution in [0.25, 0.3) is 11.4 Å². The Balaban J connectivity index is 1.63. The van der Waals surface area contributed by atoms with Gasteiger partial charge in [-0.25, -0.2) is 0 Å². The van der Waals surface area contributed by atoms with Crippen LogP contribution in [-0.4, -0.2) is 33.9 Å². The number of carbonyl (C=O) groups is 1. The zero-order chi connectivity index (χ0) is 15.5. The monoisotopic (exact) mass is 300 g/mol. The first kappa shape index (κ1) is 14.7. The second-order valence-electron chi connectivity index (χ2n) is 5.72. The van der Waals surface area contributed by atoms with E-state index in [-0.39, 0.29) is 12.5 Å². The number of nitrogens with one attached hydrogen (secondary N) is 1. The van der Waals surface area contributed by atoms with Gasteiger partial charge in [-0.1, -0.05) is 12.1 Å². The van der Waals surface area contributed by atoms with Gasteiger partial charge in [0.2, 0.25) is 5.91 Å². The van der Waals surface area contributed by atoms with E-state index in [0.29, 0.717) is 12.5 Å². The van der Waals surface area contributed by atoms with Crippen LogP contribution in [0.2, 0.25) is 0 Å². The number of aryl methyl sites for hydroxylation is 1. The molecule has 0 spiro atoms. The fourth-order valence-corrected chi connectivity index (χ4v) is 2.19. The Kier molecular flexibility index (Phi) is 4.20. The van der Waals surface area contributed by atoms with Gasteiger partial charge in [0.1, 0.15) is 12.4 Å². The number of hydrogen-bond donors (Lipinski definition) is 1. The highest BCUT2D eigenvalue weighted by molar-refractivity contribution is 5.92. The van der Waals surface area contributed by atoms with Gasteiger partial charge in [0.25, 0.3) is 0 Å². The van der Waals surface area contributed by atoms with Crippen molar-refractivity contribution in [2.24, 2.45) is 13.0 Å². The zero-order valence-electron chi connectivity index (χ0n) is 12.9. The Hall–Kier alpha value is -2.21. The average molecular weight is 300 g/mol. The summed E-state index contributed by atoms with van der Waals surface area (Å²) in [4.78, 5) is 11.9. The van der Waals surface area contributed by atoms with Crippen molar-refractivity contribution < 1.29 is 9.53 Å². The molecule has 1 aliphatic rings. The van der Waals surface area contributed by atoms with Crippen LogP contribution < -0.4 is 5.32 Å². The van der Waals surface area contributed by atoms with Crippen LogP contribution in [0.5, 0.6) is 0 Å². The van der Waals surface area contributed by atoms with E-state index in [1.165, 1.54) is 12.8 Å². The van der Waals surface area contributed by atoms with E-state index in [2.05, 4.69) is 15.5 Å². The Morgan fingerprint density at radius 2 is 2.23 bits per heavy atom. The minimum atomic E-state index is -0.132. The third kappa shape index (κ3) is 3.51. The van der Waals surface area contributed by atoms with Gasteiger partial charge in [-0.3, -0.25) is 4.79 Å². The topological polar surface area (TPSA) is 69.0 Å². The molecule has 0 bridgehead atoms. The molecule has 0 atom stereocenters. The van der Waals surface area contributed by atoms with Crippen LogP contribution in [-0.2, 0) is 16.6 Å². The van der Waals surface area contributed by atoms with Gasteiger partial charge < -0.3 is 14.6 Å². The molecule has 116 valence electrons. The van der Waals surface area contributed by atoms with E-state index in [9.17, 15) is 4.79 Å². The molecule has 1 amide bonds. The molecule has 0 aliphatic heterocycles. The maximum absolute atomic E-state index is 11.9. The Morgan fingerprint density at radius 1 is 1.41 bits per heavy atom. The lowest BCUT2D eigenvalue weighted by molar-refractivity contribution is -0.120. The van der Waals surface area contributed by atoms with Crippen molar-refractivity contribution >= 4 is 11.6 Å². The number of nitrogens with zero attached hydrogens (tertiary/aromatic N) is 3. The van der Waals surface area contributed by atoms with Crippen LogP contribution in [0, 0.1) is 12.8 Å². The highest BCUT2D eigenvalue weighted by Gasteiger charge is 2.21. The number of aromatic nitrogens is 3. The molecule has 1 saturated carbocycles. The van der Waals surface area contributed by atoms with Gasteiger partial charge in [0.15, 0.2) is 5.82 Å². The summed E-state index contributed by atoms with van der Waals surface area (Å²) in [5.41, 5.74) is 1.65. The number of hydrogen-bond acceptors (Lipinski definition) is 4. The number of rotatable bonds is 6. The van der Waals surface area contributed by atoms with Gasteiger partial charge in [-0.2, -0.15) is 0 Å². The summed E-state index contributed by atoms with van der Waals surface area (Å²) >= 11 is 0. The molecular weight excluding hydrogens is 280 g/mol. The van der Waals surface area contributed by atoms with Crippen LogP contribution >= 0.6 is 0 Å². The maximum atomic E-state index is 11.9. The van der Waals surface area contributed by atoms with E-state index in [0.717, 1.165) is 22.9 Å². The van der Waals surface area contributed by atoms with E-state index in [1.807, 2.05) is 42.8 Å². The van der Waals surface area contributed by atoms with Gasteiger partial charge in [0, 0.05) is 18.3 Å². The summed E-state index contributed by atoms with van der Waals surface area (Å²) in [5.74, 6) is 2.15. The van der Waals surface area contributed by atoms with Crippen molar-refractivity contribution in [1.82, 2.24) is 14.8 Å². The Labute approximate surface area is 129 Å². The van der Waals surface area contributed by atoms with Crippen LogP contribution in [0.4, 0.5) is 5.69 Å². The molecule has 1 aliphatic carbocycles. The minimum Gasteiger partial charge on any atom is -0.371 e. The van der Waals surface area contributed by atoms with Gasteiger partial charge in [-0.15, -0.1) is 10.2 Å². The van der Waals surface area contributed by atoms with Crippen LogP contribution in [0.3, 0.4) is 0 Å². The van der Waals surface area contributed by atoms with E-state index >= 15 is 0 Å². The van der Waals surface area contributed by atoms with Crippen molar-refractivity contribution in [1.29, 1.82) is 0 Å². The summed E-state index contributed by atoms with van der Waals surface area (Å²) in [7, 11) is 1.92. The van der Waals surface area contributed by atoms with Crippen molar-refractivity contribution in [3.8, 4) is 11.4 Å². The normalized spacial score (nSPS) is 14.1. The van der Waals surface area contributed by atoms with Gasteiger partial charge in [-0.05, 0) is 37.8 Å². The second kappa shape index (κ2) is 6.27. The predicted octanol–water partition coefficient (Wildman–Crippen LogP) is 2.16. The van der Waals surface area contributed by atoms with Crippen molar-refractivity contribution in [2.45, 2.75) is 19.8 Å². The third-order valence-electron chi connectivity index (χ3n) is 3.78. The van der Waals surface area contributed by atoms with Crippen LogP contribution in [0.1, 0.15) is 18.7 Å². The predicted molar refractivity (Wildman–Crippen MR) is 83.3 cm³/mol. The lowest BCUT2D eigenvalue weighted by atomic mass is 10.2. The SMILES string of the molecule is Cc1nnc(-c2cccc(NC(=O)COCC3CC3)c2)n1C. The third-order valence-corrected chi connectivity index (χ3v) is 3.78. The largest absolute Gasteiger partial charge is 0.371 e. The van der Waals surface area contributed by atoms with Crippen LogP contribution in [0.15, 0.2) is 24.3 Å². The molecule has 1 aromatic carbocycles. The molecule has 6 heteroatoms. The minimum absolute atomic E-state index is 0.101. The summed E-state index contributed by atoms with van der Waals surface area (Å²) in [5, 5.41) is 11.1. The fraction of sp³-hybridized carbons (Fsp3) is 0.438. The molecule has 3 rings (SSSR count). The molecule has 1 fully saturated rings. The second-order valence-corrected chi connectivity index (χ2v) is 5.72. The van der Waals surface area contributed by atoms with E-state index in [4.69, 9.17) is 4.74 Å². The number of benzene rings is 1. The van der Waals surface area contributed by atoms with E-state index < -0.39 is 0 Å². The Bertz CT molecular complexity index is 677. The summed E-state index contributed by atoms with van der Waals surface area (Å²) < 4.78 is 7.31. The van der Waals surface area contributed by atoms with E-state index in [1.54, 1.807) is 0 Å². The summed E-state index contributed by atoms with van der Waals surface area (Å²) in [6.07, 6.45) is 2.45. The van der Waals surface area contributed by atoms with Crippen molar-refractivity contribution in [3.63, 3.8) is 0 Å². The smallest absolute Gasteiger partial charge is 0.250 e. The summed E-state index contributed by atoms with van der Waals surface area (Å²) in [6, 6.07) is 7.58. The zero-order valence-corrected chi connectivity index (χ0v) is 12.9. The maximum Gasteiger partial charge on any atom is 0.250 e. The van der Waals surface area contributed by atoms with Crippen molar-refractivity contribution in [3.05, 3.63) is 30.1 Å².